The first-order valence-electron chi connectivity index (χ1n) is 7.29. The largest absolute Gasteiger partial charge is 0.501 e. The molecule has 5 heteroatoms. The van der Waals surface area contributed by atoms with Crippen LogP contribution >= 0.6 is 11.3 Å². The highest BCUT2D eigenvalue weighted by Gasteiger charge is 2.31. The van der Waals surface area contributed by atoms with E-state index in [1.807, 2.05) is 11.8 Å². The molecule has 1 saturated heterocycles. The minimum Gasteiger partial charge on any atom is -0.501 e. The van der Waals surface area contributed by atoms with Gasteiger partial charge in [0.25, 0.3) is 5.91 Å². The molecule has 2 aliphatic rings. The SMILES string of the molecule is Cc1csc(C2CCCCN2C(=O)C2=COCCC2)n1. The first-order chi connectivity index (χ1) is 9.75. The molecule has 4 nitrogen and oxygen atoms in total. The van der Waals surface area contributed by atoms with Crippen LogP contribution < -0.4 is 0 Å². The highest BCUT2D eigenvalue weighted by atomic mass is 32.1. The van der Waals surface area contributed by atoms with E-state index in [4.69, 9.17) is 4.74 Å². The molecule has 0 saturated carbocycles. The molecule has 1 aromatic rings. The number of ether oxygens (including phenoxy) is 1. The highest BCUT2D eigenvalue weighted by molar-refractivity contribution is 7.09. The number of carbonyl (C=O) groups is 1. The molecular weight excluding hydrogens is 272 g/mol. The third-order valence-corrected chi connectivity index (χ3v) is 4.96. The second kappa shape index (κ2) is 5.95. The number of hydrogen-bond donors (Lipinski definition) is 0. The van der Waals surface area contributed by atoms with Crippen molar-refractivity contribution < 1.29 is 9.53 Å². The summed E-state index contributed by atoms with van der Waals surface area (Å²) < 4.78 is 5.32. The summed E-state index contributed by atoms with van der Waals surface area (Å²) in [4.78, 5) is 19.3. The fourth-order valence-corrected chi connectivity index (χ4v) is 3.81. The van der Waals surface area contributed by atoms with Crippen molar-refractivity contribution in [3.05, 3.63) is 27.9 Å². The molecule has 1 fully saturated rings. The second-order valence-corrected chi connectivity index (χ2v) is 6.34. The second-order valence-electron chi connectivity index (χ2n) is 5.45. The molecule has 0 N–H and O–H groups in total. The van der Waals surface area contributed by atoms with Crippen LogP contribution in [0.15, 0.2) is 17.2 Å². The molecule has 3 rings (SSSR count). The molecule has 0 spiro atoms. The van der Waals surface area contributed by atoms with Crippen molar-refractivity contribution >= 4 is 17.2 Å². The van der Waals surface area contributed by atoms with Gasteiger partial charge < -0.3 is 9.64 Å². The minimum absolute atomic E-state index is 0.141. The third-order valence-electron chi connectivity index (χ3n) is 3.89. The van der Waals surface area contributed by atoms with Crippen molar-refractivity contribution in [2.75, 3.05) is 13.2 Å². The Morgan fingerprint density at radius 3 is 3.05 bits per heavy atom. The summed E-state index contributed by atoms with van der Waals surface area (Å²) in [6.07, 6.45) is 6.70. The number of hydrogen-bond acceptors (Lipinski definition) is 4. The number of thiazole rings is 1. The van der Waals surface area contributed by atoms with Crippen LogP contribution in [0.1, 0.15) is 48.8 Å². The van der Waals surface area contributed by atoms with E-state index < -0.39 is 0 Å². The topological polar surface area (TPSA) is 42.4 Å². The van der Waals surface area contributed by atoms with Crippen molar-refractivity contribution in [2.24, 2.45) is 0 Å². The standard InChI is InChI=1S/C15H20N2O2S/c1-11-10-20-14(16-11)13-6-2-3-7-17(13)15(18)12-5-4-8-19-9-12/h9-10,13H,2-8H2,1H3. The van der Waals surface area contributed by atoms with E-state index in [0.717, 1.165) is 55.1 Å². The Labute approximate surface area is 123 Å². The summed E-state index contributed by atoms with van der Waals surface area (Å²) in [6, 6.07) is 0.151. The first kappa shape index (κ1) is 13.6. The maximum absolute atomic E-state index is 12.7. The van der Waals surface area contributed by atoms with E-state index in [0.29, 0.717) is 0 Å². The van der Waals surface area contributed by atoms with Crippen LogP contribution in [0.3, 0.4) is 0 Å². The number of carbonyl (C=O) groups excluding carboxylic acids is 1. The smallest absolute Gasteiger partial charge is 0.253 e. The van der Waals surface area contributed by atoms with Crippen LogP contribution in [0, 0.1) is 6.92 Å². The number of amides is 1. The summed E-state index contributed by atoms with van der Waals surface area (Å²) in [7, 11) is 0. The Morgan fingerprint density at radius 2 is 2.35 bits per heavy atom. The van der Waals surface area contributed by atoms with Crippen molar-refractivity contribution in [1.82, 2.24) is 9.88 Å². The molecule has 0 bridgehead atoms. The third kappa shape index (κ3) is 2.73. The van der Waals surface area contributed by atoms with Gasteiger partial charge in [0, 0.05) is 17.6 Å². The van der Waals surface area contributed by atoms with E-state index in [-0.39, 0.29) is 11.9 Å². The molecule has 1 aromatic heterocycles. The van der Waals surface area contributed by atoms with E-state index in [9.17, 15) is 4.79 Å². The summed E-state index contributed by atoms with van der Waals surface area (Å²) >= 11 is 1.67. The lowest BCUT2D eigenvalue weighted by Gasteiger charge is -2.35. The fraction of sp³-hybridized carbons (Fsp3) is 0.600. The van der Waals surface area contributed by atoms with Gasteiger partial charge in [0.15, 0.2) is 0 Å². The highest BCUT2D eigenvalue weighted by Crippen LogP contribution is 2.34. The number of piperidine rings is 1. The van der Waals surface area contributed by atoms with Crippen LogP contribution in [0.4, 0.5) is 0 Å². The Bertz CT molecular complexity index is 524. The lowest BCUT2D eigenvalue weighted by Crippen LogP contribution is -2.39. The minimum atomic E-state index is 0.141. The molecule has 3 heterocycles. The van der Waals surface area contributed by atoms with Crippen molar-refractivity contribution in [2.45, 2.75) is 45.1 Å². The lowest BCUT2D eigenvalue weighted by molar-refractivity contribution is -0.131. The van der Waals surface area contributed by atoms with Gasteiger partial charge in [-0.25, -0.2) is 4.98 Å². The molecule has 20 heavy (non-hydrogen) atoms. The van der Waals surface area contributed by atoms with Gasteiger partial charge in [-0.05, 0) is 39.0 Å². The molecule has 108 valence electrons. The predicted octanol–water partition coefficient (Wildman–Crippen LogP) is 3.20. The Morgan fingerprint density at radius 1 is 1.45 bits per heavy atom. The van der Waals surface area contributed by atoms with Crippen LogP contribution in [-0.2, 0) is 9.53 Å². The fourth-order valence-electron chi connectivity index (χ4n) is 2.86. The van der Waals surface area contributed by atoms with Gasteiger partial charge in [0.05, 0.1) is 24.5 Å². The maximum Gasteiger partial charge on any atom is 0.253 e. The van der Waals surface area contributed by atoms with E-state index in [2.05, 4.69) is 10.4 Å². The zero-order valence-electron chi connectivity index (χ0n) is 11.8. The molecular formula is C15H20N2O2S. The quantitative estimate of drug-likeness (QED) is 0.840. The van der Waals surface area contributed by atoms with E-state index >= 15 is 0 Å². The molecule has 1 amide bonds. The van der Waals surface area contributed by atoms with E-state index in [1.54, 1.807) is 17.6 Å². The molecule has 1 atom stereocenters. The lowest BCUT2D eigenvalue weighted by atomic mass is 10.00. The first-order valence-corrected chi connectivity index (χ1v) is 8.17. The maximum atomic E-state index is 12.7. The van der Waals surface area contributed by atoms with Gasteiger partial charge in [-0.2, -0.15) is 0 Å². The summed E-state index contributed by atoms with van der Waals surface area (Å²) in [5.41, 5.74) is 1.86. The average Bonchev–Trinajstić information content (AvgIpc) is 2.94. The Hall–Kier alpha value is -1.36. The van der Waals surface area contributed by atoms with Gasteiger partial charge in [0.2, 0.25) is 0 Å². The van der Waals surface area contributed by atoms with Crippen LogP contribution in [0.5, 0.6) is 0 Å². The predicted molar refractivity (Wildman–Crippen MR) is 78.4 cm³/mol. The summed E-state index contributed by atoms with van der Waals surface area (Å²) in [5.74, 6) is 0.141. The number of nitrogens with zero attached hydrogens (tertiary/aromatic N) is 2. The van der Waals surface area contributed by atoms with E-state index in [1.165, 1.54) is 6.42 Å². The normalized spacial score (nSPS) is 23.1. The van der Waals surface area contributed by atoms with Gasteiger partial charge in [0.1, 0.15) is 5.01 Å². The van der Waals surface area contributed by atoms with Crippen molar-refractivity contribution in [1.29, 1.82) is 0 Å². The van der Waals surface area contributed by atoms with Crippen molar-refractivity contribution in [3.8, 4) is 0 Å². The van der Waals surface area contributed by atoms with Gasteiger partial charge in [-0.15, -0.1) is 11.3 Å². The molecule has 1 unspecified atom stereocenters. The monoisotopic (exact) mass is 292 g/mol. The van der Waals surface area contributed by atoms with Crippen molar-refractivity contribution in [3.63, 3.8) is 0 Å². The Kier molecular flexibility index (Phi) is 4.05. The summed E-state index contributed by atoms with van der Waals surface area (Å²) in [6.45, 7) is 3.57. The van der Waals surface area contributed by atoms with Crippen LogP contribution in [0.2, 0.25) is 0 Å². The molecule has 2 aliphatic heterocycles. The Balaban J connectivity index is 1.81. The average molecular weight is 292 g/mol. The van der Waals surface area contributed by atoms with Crippen LogP contribution in [0.25, 0.3) is 0 Å². The van der Waals surface area contributed by atoms with Gasteiger partial charge in [-0.3, -0.25) is 4.79 Å². The zero-order valence-corrected chi connectivity index (χ0v) is 12.6. The zero-order chi connectivity index (χ0) is 13.9. The molecule has 0 radical (unpaired) electrons. The van der Waals surface area contributed by atoms with Gasteiger partial charge >= 0.3 is 0 Å². The number of aryl methyl sites for hydroxylation is 1. The number of rotatable bonds is 2. The number of aromatic nitrogens is 1. The molecule has 0 aliphatic carbocycles. The molecule has 0 aromatic carbocycles. The number of likely N-dealkylation sites (tertiary alicyclic amines) is 1. The van der Waals surface area contributed by atoms with Crippen LogP contribution in [-0.4, -0.2) is 28.9 Å². The summed E-state index contributed by atoms with van der Waals surface area (Å²) in [5, 5.41) is 3.14. The van der Waals surface area contributed by atoms with Gasteiger partial charge in [-0.1, -0.05) is 0 Å².